The van der Waals surface area contributed by atoms with Crippen LogP contribution in [0.5, 0.6) is 0 Å². The van der Waals surface area contributed by atoms with E-state index >= 15 is 0 Å². The number of benzene rings is 1. The van der Waals surface area contributed by atoms with Crippen LogP contribution in [0.4, 0.5) is 8.78 Å². The molecule has 0 saturated carbocycles. The fraction of sp³-hybridized carbons (Fsp3) is 0.333. The molecular weight excluding hydrogens is 292 g/mol. The van der Waals surface area contributed by atoms with E-state index in [-0.39, 0.29) is 17.4 Å². The van der Waals surface area contributed by atoms with Crippen molar-refractivity contribution in [3.63, 3.8) is 0 Å². The Morgan fingerprint density at radius 1 is 1.35 bits per heavy atom. The second-order valence-corrected chi connectivity index (χ2v) is 4.46. The lowest BCUT2D eigenvalue weighted by atomic mass is 10.2. The molecule has 1 rings (SSSR count). The van der Waals surface area contributed by atoms with Crippen LogP contribution in [0.15, 0.2) is 17.3 Å². The lowest BCUT2D eigenvalue weighted by Crippen LogP contribution is -2.25. The molecule has 0 saturated heterocycles. The van der Waals surface area contributed by atoms with E-state index in [9.17, 15) is 13.6 Å². The Morgan fingerprint density at radius 3 is 2.70 bits per heavy atom. The Balaban J connectivity index is 2.46. The van der Waals surface area contributed by atoms with Gasteiger partial charge in [0.05, 0.1) is 10.6 Å². The summed E-state index contributed by atoms with van der Waals surface area (Å²) < 4.78 is 26.6. The highest BCUT2D eigenvalue weighted by Gasteiger charge is 2.14. The zero-order valence-electron chi connectivity index (χ0n) is 10.5. The molecule has 0 bridgehead atoms. The molecule has 1 aromatic rings. The zero-order chi connectivity index (χ0) is 15.1. The van der Waals surface area contributed by atoms with E-state index in [1.54, 1.807) is 0 Å². The maximum Gasteiger partial charge on any atom is 0.254 e. The average molecular weight is 306 g/mol. The summed E-state index contributed by atoms with van der Waals surface area (Å²) >= 11 is 5.39. The molecule has 5 nitrogen and oxygen atoms in total. The number of rotatable bonds is 6. The van der Waals surface area contributed by atoms with Crippen molar-refractivity contribution in [2.24, 2.45) is 10.9 Å². The van der Waals surface area contributed by atoms with E-state index in [4.69, 9.17) is 22.5 Å². The van der Waals surface area contributed by atoms with Gasteiger partial charge in [0, 0.05) is 13.0 Å². The zero-order valence-corrected chi connectivity index (χ0v) is 11.3. The number of oxime groups is 1. The number of carbonyl (C=O) groups is 1. The van der Waals surface area contributed by atoms with Crippen LogP contribution in [-0.4, -0.2) is 23.5 Å². The number of carbonyl (C=O) groups excluding carboxylic acids is 1. The molecular formula is C12H14ClF2N3O2. The highest BCUT2D eigenvalue weighted by Crippen LogP contribution is 2.19. The maximum atomic E-state index is 13.4. The lowest BCUT2D eigenvalue weighted by Gasteiger charge is -2.07. The summed E-state index contributed by atoms with van der Waals surface area (Å²) in [7, 11) is 0. The van der Waals surface area contributed by atoms with Gasteiger partial charge in [-0.25, -0.2) is 8.78 Å². The first kappa shape index (κ1) is 16.2. The number of unbranched alkanes of at least 4 members (excludes halogenated alkanes) is 1. The molecule has 0 aliphatic rings. The normalized spacial score (nSPS) is 11.4. The van der Waals surface area contributed by atoms with E-state index < -0.39 is 23.1 Å². The number of amides is 1. The van der Waals surface area contributed by atoms with Crippen LogP contribution in [0, 0.1) is 11.6 Å². The number of hydrogen-bond donors (Lipinski definition) is 3. The van der Waals surface area contributed by atoms with Crippen LogP contribution >= 0.6 is 11.6 Å². The van der Waals surface area contributed by atoms with Crippen LogP contribution in [-0.2, 0) is 0 Å². The van der Waals surface area contributed by atoms with Crippen molar-refractivity contribution < 1.29 is 18.8 Å². The monoisotopic (exact) mass is 305 g/mol. The molecule has 110 valence electrons. The van der Waals surface area contributed by atoms with Crippen LogP contribution < -0.4 is 11.1 Å². The molecule has 0 aliphatic heterocycles. The van der Waals surface area contributed by atoms with Crippen molar-refractivity contribution in [1.82, 2.24) is 5.32 Å². The molecule has 0 fully saturated rings. The number of nitrogens with two attached hydrogens (primary N) is 1. The average Bonchev–Trinajstić information content (AvgIpc) is 2.41. The van der Waals surface area contributed by atoms with E-state index in [1.165, 1.54) is 0 Å². The van der Waals surface area contributed by atoms with Gasteiger partial charge in [-0.05, 0) is 25.0 Å². The van der Waals surface area contributed by atoms with Gasteiger partial charge in [0.15, 0.2) is 0 Å². The quantitative estimate of drug-likeness (QED) is 0.188. The van der Waals surface area contributed by atoms with Crippen molar-refractivity contribution in [2.75, 3.05) is 6.54 Å². The molecule has 1 amide bonds. The van der Waals surface area contributed by atoms with Gasteiger partial charge < -0.3 is 16.3 Å². The SMILES string of the molecule is N/C(CCCCNC(=O)c1cc(F)c(Cl)cc1F)=N/O. The van der Waals surface area contributed by atoms with Gasteiger partial charge in [0.1, 0.15) is 17.5 Å². The van der Waals surface area contributed by atoms with Crippen molar-refractivity contribution >= 4 is 23.3 Å². The van der Waals surface area contributed by atoms with Crippen molar-refractivity contribution in [3.8, 4) is 0 Å². The minimum atomic E-state index is -0.884. The van der Waals surface area contributed by atoms with Crippen molar-refractivity contribution in [1.29, 1.82) is 0 Å². The number of nitrogens with one attached hydrogen (secondary N) is 1. The molecule has 0 heterocycles. The molecule has 20 heavy (non-hydrogen) atoms. The minimum absolute atomic E-state index is 0.0992. The van der Waals surface area contributed by atoms with Gasteiger partial charge in [-0.2, -0.15) is 0 Å². The third-order valence-electron chi connectivity index (χ3n) is 2.53. The number of nitrogens with zero attached hydrogens (tertiary/aromatic N) is 1. The summed E-state index contributed by atoms with van der Waals surface area (Å²) in [6.07, 6.45) is 1.53. The van der Waals surface area contributed by atoms with E-state index in [0.29, 0.717) is 19.3 Å². The molecule has 0 spiro atoms. The van der Waals surface area contributed by atoms with Crippen LogP contribution in [0.2, 0.25) is 5.02 Å². The summed E-state index contributed by atoms with van der Waals surface area (Å²) in [6.45, 7) is 0.265. The molecule has 4 N–H and O–H groups in total. The van der Waals surface area contributed by atoms with Gasteiger partial charge in [0.25, 0.3) is 5.91 Å². The smallest absolute Gasteiger partial charge is 0.254 e. The number of amidine groups is 1. The highest BCUT2D eigenvalue weighted by atomic mass is 35.5. The first-order valence-electron chi connectivity index (χ1n) is 5.85. The van der Waals surface area contributed by atoms with Gasteiger partial charge in [-0.3, -0.25) is 4.79 Å². The number of hydrogen-bond acceptors (Lipinski definition) is 3. The summed E-state index contributed by atoms with van der Waals surface area (Å²) in [5, 5.41) is 13.2. The van der Waals surface area contributed by atoms with Gasteiger partial charge in [-0.1, -0.05) is 16.8 Å². The predicted molar refractivity (Wildman–Crippen MR) is 71.0 cm³/mol. The molecule has 1 aromatic carbocycles. The van der Waals surface area contributed by atoms with E-state index in [0.717, 1.165) is 12.1 Å². The Kier molecular flexibility index (Phi) is 6.17. The topological polar surface area (TPSA) is 87.7 Å². The summed E-state index contributed by atoms with van der Waals surface area (Å²) in [5.74, 6) is -2.36. The van der Waals surface area contributed by atoms with Gasteiger partial charge in [-0.15, -0.1) is 0 Å². The second kappa shape index (κ2) is 7.64. The van der Waals surface area contributed by atoms with E-state index in [2.05, 4.69) is 10.5 Å². The summed E-state index contributed by atoms with van der Waals surface area (Å²) in [6, 6.07) is 1.51. The Morgan fingerprint density at radius 2 is 2.05 bits per heavy atom. The van der Waals surface area contributed by atoms with Crippen molar-refractivity contribution in [2.45, 2.75) is 19.3 Å². The summed E-state index contributed by atoms with van der Waals surface area (Å²) in [5.41, 5.74) is 4.87. The maximum absolute atomic E-state index is 13.4. The first-order valence-corrected chi connectivity index (χ1v) is 6.22. The fourth-order valence-electron chi connectivity index (χ4n) is 1.47. The lowest BCUT2D eigenvalue weighted by molar-refractivity contribution is 0.0948. The molecule has 0 unspecified atom stereocenters. The molecule has 8 heteroatoms. The minimum Gasteiger partial charge on any atom is -0.409 e. The first-order chi connectivity index (χ1) is 9.45. The van der Waals surface area contributed by atoms with Crippen LogP contribution in [0.3, 0.4) is 0 Å². The van der Waals surface area contributed by atoms with Gasteiger partial charge in [0.2, 0.25) is 0 Å². The Labute approximate surface area is 119 Å². The summed E-state index contributed by atoms with van der Waals surface area (Å²) in [4.78, 5) is 11.6. The van der Waals surface area contributed by atoms with Crippen LogP contribution in [0.25, 0.3) is 0 Å². The second-order valence-electron chi connectivity index (χ2n) is 4.05. The molecule has 0 atom stereocenters. The van der Waals surface area contributed by atoms with Gasteiger partial charge >= 0.3 is 0 Å². The van der Waals surface area contributed by atoms with Crippen LogP contribution in [0.1, 0.15) is 29.6 Å². The largest absolute Gasteiger partial charge is 0.409 e. The van der Waals surface area contributed by atoms with Crippen molar-refractivity contribution in [3.05, 3.63) is 34.4 Å². The molecule has 0 aliphatic carbocycles. The third kappa shape index (κ3) is 4.65. The Bertz CT molecular complexity index is 524. The fourth-order valence-corrected chi connectivity index (χ4v) is 1.63. The third-order valence-corrected chi connectivity index (χ3v) is 2.82. The molecule has 0 aromatic heterocycles. The van der Waals surface area contributed by atoms with E-state index in [1.807, 2.05) is 0 Å². The predicted octanol–water partition coefficient (Wildman–Crippen LogP) is 2.26. The Hall–Kier alpha value is -1.89. The standard InChI is InChI=1S/C12H14ClF2N3O2/c13-8-6-9(14)7(5-10(8)15)12(19)17-4-2-1-3-11(16)18-20/h5-6,20H,1-4H2,(H2,16,18)(H,17,19). The molecule has 0 radical (unpaired) electrons. The number of halogens is 3. The highest BCUT2D eigenvalue weighted by molar-refractivity contribution is 6.30.